The van der Waals surface area contributed by atoms with Crippen molar-refractivity contribution in [3.05, 3.63) is 95.1 Å². The van der Waals surface area contributed by atoms with Gasteiger partial charge in [0.15, 0.2) is 0 Å². The van der Waals surface area contributed by atoms with Gasteiger partial charge in [-0.15, -0.1) is 0 Å². The molecular formula is C27H29F3N4O2. The number of amides is 1. The van der Waals surface area contributed by atoms with Gasteiger partial charge in [0.2, 0.25) is 5.91 Å². The van der Waals surface area contributed by atoms with E-state index in [2.05, 4.69) is 15.6 Å². The minimum atomic E-state index is -1.13. The maximum atomic E-state index is 14.7. The SMILES string of the molecule is C[C@H]1CO[C@H](CCc2c(F)cncc2NC(=O)[C@@H](N)C(c2ccc(F)cc2)c2ccc(F)cc2)CN1. The summed E-state index contributed by atoms with van der Waals surface area (Å²) in [5.74, 6) is -2.67. The molecule has 3 atom stereocenters. The summed E-state index contributed by atoms with van der Waals surface area (Å²) < 4.78 is 47.6. The summed E-state index contributed by atoms with van der Waals surface area (Å²) in [4.78, 5) is 17.2. The topological polar surface area (TPSA) is 89.3 Å². The molecule has 4 N–H and O–H groups in total. The maximum absolute atomic E-state index is 14.7. The van der Waals surface area contributed by atoms with E-state index in [4.69, 9.17) is 10.5 Å². The second-order valence-corrected chi connectivity index (χ2v) is 9.05. The lowest BCUT2D eigenvalue weighted by Crippen LogP contribution is -2.44. The number of nitrogens with zero attached hydrogens (tertiary/aromatic N) is 1. The lowest BCUT2D eigenvalue weighted by molar-refractivity contribution is -0.117. The molecule has 6 nitrogen and oxygen atoms in total. The Balaban J connectivity index is 1.54. The van der Waals surface area contributed by atoms with Crippen LogP contribution in [0, 0.1) is 17.5 Å². The van der Waals surface area contributed by atoms with E-state index in [0.29, 0.717) is 42.7 Å². The molecule has 1 amide bonds. The molecular weight excluding hydrogens is 469 g/mol. The summed E-state index contributed by atoms with van der Waals surface area (Å²) in [5, 5.41) is 6.05. The largest absolute Gasteiger partial charge is 0.375 e. The number of morpholine rings is 1. The Labute approximate surface area is 208 Å². The molecule has 0 bridgehead atoms. The van der Waals surface area contributed by atoms with Crippen molar-refractivity contribution >= 4 is 11.6 Å². The number of benzene rings is 2. The van der Waals surface area contributed by atoms with Crippen LogP contribution in [0.25, 0.3) is 0 Å². The van der Waals surface area contributed by atoms with Crippen LogP contribution in [0.5, 0.6) is 0 Å². The minimum absolute atomic E-state index is 0.0686. The third-order valence-corrected chi connectivity index (χ3v) is 6.38. The van der Waals surface area contributed by atoms with Gasteiger partial charge in [0.05, 0.1) is 36.8 Å². The van der Waals surface area contributed by atoms with Gasteiger partial charge in [-0.1, -0.05) is 24.3 Å². The highest BCUT2D eigenvalue weighted by Crippen LogP contribution is 2.29. The van der Waals surface area contributed by atoms with E-state index in [1.54, 1.807) is 0 Å². The third kappa shape index (κ3) is 6.29. The van der Waals surface area contributed by atoms with Crippen LogP contribution in [0.4, 0.5) is 18.9 Å². The first-order chi connectivity index (χ1) is 17.3. The molecule has 1 aromatic heterocycles. The number of pyridine rings is 1. The molecule has 0 aliphatic carbocycles. The van der Waals surface area contributed by atoms with Crippen molar-refractivity contribution in [2.24, 2.45) is 5.73 Å². The van der Waals surface area contributed by atoms with Gasteiger partial charge < -0.3 is 21.1 Å². The molecule has 3 aromatic rings. The Bertz CT molecular complexity index is 1120. The summed E-state index contributed by atoms with van der Waals surface area (Å²) in [6, 6.07) is 10.4. The molecule has 4 rings (SSSR count). The van der Waals surface area contributed by atoms with Gasteiger partial charge in [-0.2, -0.15) is 0 Å². The van der Waals surface area contributed by atoms with E-state index >= 15 is 0 Å². The molecule has 1 saturated heterocycles. The van der Waals surface area contributed by atoms with Crippen LogP contribution in [0.2, 0.25) is 0 Å². The Morgan fingerprint density at radius 1 is 1.08 bits per heavy atom. The number of ether oxygens (including phenoxy) is 1. The van der Waals surface area contributed by atoms with Gasteiger partial charge in [-0.3, -0.25) is 9.78 Å². The zero-order valence-corrected chi connectivity index (χ0v) is 19.9. The number of anilines is 1. The first-order valence-corrected chi connectivity index (χ1v) is 11.9. The van der Waals surface area contributed by atoms with Crippen molar-refractivity contribution < 1.29 is 22.7 Å². The number of nitrogens with two attached hydrogens (primary N) is 1. The highest BCUT2D eigenvalue weighted by molar-refractivity contribution is 5.96. The number of hydrogen-bond donors (Lipinski definition) is 3. The van der Waals surface area contributed by atoms with Crippen molar-refractivity contribution in [2.45, 2.75) is 43.9 Å². The first kappa shape index (κ1) is 25.8. The molecule has 0 saturated carbocycles. The number of carbonyl (C=O) groups excluding carboxylic acids is 1. The van der Waals surface area contributed by atoms with E-state index < -0.39 is 35.3 Å². The van der Waals surface area contributed by atoms with Crippen LogP contribution < -0.4 is 16.4 Å². The number of nitrogens with one attached hydrogen (secondary N) is 2. The first-order valence-electron chi connectivity index (χ1n) is 11.9. The lowest BCUT2D eigenvalue weighted by Gasteiger charge is -2.28. The number of halogens is 3. The van der Waals surface area contributed by atoms with Crippen LogP contribution in [0.15, 0.2) is 60.9 Å². The van der Waals surface area contributed by atoms with Gasteiger partial charge in [0, 0.05) is 24.1 Å². The van der Waals surface area contributed by atoms with Crippen molar-refractivity contribution in [2.75, 3.05) is 18.5 Å². The van der Waals surface area contributed by atoms with Gasteiger partial charge in [-0.05, 0) is 55.2 Å². The van der Waals surface area contributed by atoms with Crippen molar-refractivity contribution in [3.8, 4) is 0 Å². The van der Waals surface area contributed by atoms with Crippen LogP contribution >= 0.6 is 0 Å². The van der Waals surface area contributed by atoms with Gasteiger partial charge in [0.1, 0.15) is 17.5 Å². The normalized spacial score (nSPS) is 18.7. The second kappa shape index (κ2) is 11.6. The molecule has 0 unspecified atom stereocenters. The van der Waals surface area contributed by atoms with E-state index in [1.165, 1.54) is 54.7 Å². The Hall–Kier alpha value is -3.27. The van der Waals surface area contributed by atoms with Gasteiger partial charge >= 0.3 is 0 Å². The summed E-state index contributed by atoms with van der Waals surface area (Å²) in [6.45, 7) is 3.27. The Morgan fingerprint density at radius 2 is 1.69 bits per heavy atom. The predicted molar refractivity (Wildman–Crippen MR) is 131 cm³/mol. The molecule has 2 aromatic carbocycles. The average Bonchev–Trinajstić information content (AvgIpc) is 2.87. The summed E-state index contributed by atoms with van der Waals surface area (Å²) in [7, 11) is 0. The molecule has 9 heteroatoms. The highest BCUT2D eigenvalue weighted by atomic mass is 19.1. The maximum Gasteiger partial charge on any atom is 0.242 e. The zero-order chi connectivity index (χ0) is 25.7. The molecule has 0 spiro atoms. The number of aromatic nitrogens is 1. The molecule has 2 heterocycles. The predicted octanol–water partition coefficient (Wildman–Crippen LogP) is 3.91. The average molecular weight is 499 g/mol. The van der Waals surface area contributed by atoms with Crippen LogP contribution in [-0.4, -0.2) is 42.2 Å². The standard InChI is InChI=1S/C27H29F3N4O2/c1-16-15-36-21(12-33-16)10-11-22-23(30)13-32-14-24(22)34-27(35)26(31)25(17-2-6-19(28)7-3-17)18-4-8-20(29)9-5-18/h2-9,13-14,16,21,25-26,33H,10-12,15,31H2,1H3,(H,34,35)/t16-,21+,26-/m0/s1. The van der Waals surface area contributed by atoms with Crippen molar-refractivity contribution in [1.82, 2.24) is 10.3 Å². The van der Waals surface area contributed by atoms with E-state index in [1.807, 2.05) is 6.92 Å². The van der Waals surface area contributed by atoms with Gasteiger partial charge in [-0.25, -0.2) is 13.2 Å². The quantitative estimate of drug-likeness (QED) is 0.438. The molecule has 190 valence electrons. The number of carbonyl (C=O) groups is 1. The van der Waals surface area contributed by atoms with Crippen molar-refractivity contribution in [1.29, 1.82) is 0 Å². The van der Waals surface area contributed by atoms with Crippen LogP contribution in [0.1, 0.15) is 36.0 Å². The number of rotatable bonds is 8. The summed E-state index contributed by atoms with van der Waals surface area (Å²) in [5.41, 5.74) is 8.10. The molecule has 1 fully saturated rings. The highest BCUT2D eigenvalue weighted by Gasteiger charge is 2.29. The second-order valence-electron chi connectivity index (χ2n) is 9.05. The van der Waals surface area contributed by atoms with Crippen LogP contribution in [0.3, 0.4) is 0 Å². The van der Waals surface area contributed by atoms with Crippen molar-refractivity contribution in [3.63, 3.8) is 0 Å². The Kier molecular flexibility index (Phi) is 8.35. The van der Waals surface area contributed by atoms with E-state index in [0.717, 1.165) is 6.20 Å². The third-order valence-electron chi connectivity index (χ3n) is 6.38. The fraction of sp³-hybridized carbons (Fsp3) is 0.333. The van der Waals surface area contributed by atoms with Gasteiger partial charge in [0.25, 0.3) is 0 Å². The molecule has 36 heavy (non-hydrogen) atoms. The zero-order valence-electron chi connectivity index (χ0n) is 19.9. The fourth-order valence-corrected chi connectivity index (χ4v) is 4.36. The summed E-state index contributed by atoms with van der Waals surface area (Å²) >= 11 is 0. The summed E-state index contributed by atoms with van der Waals surface area (Å²) in [6.07, 6.45) is 3.31. The van der Waals surface area contributed by atoms with Crippen LogP contribution in [-0.2, 0) is 16.0 Å². The Morgan fingerprint density at radius 3 is 2.25 bits per heavy atom. The van der Waals surface area contributed by atoms with E-state index in [-0.39, 0.29) is 17.8 Å². The number of hydrogen-bond acceptors (Lipinski definition) is 5. The monoisotopic (exact) mass is 498 g/mol. The smallest absolute Gasteiger partial charge is 0.242 e. The fourth-order valence-electron chi connectivity index (χ4n) is 4.36. The lowest BCUT2D eigenvalue weighted by atomic mass is 9.85. The molecule has 1 aliphatic heterocycles. The minimum Gasteiger partial charge on any atom is -0.375 e. The molecule has 0 radical (unpaired) electrons. The molecule has 1 aliphatic rings. The van der Waals surface area contributed by atoms with E-state index in [9.17, 15) is 18.0 Å².